The Morgan fingerprint density at radius 3 is 2.68 bits per heavy atom. The minimum absolute atomic E-state index is 0.181. The van der Waals surface area contributed by atoms with Crippen LogP contribution in [0.5, 0.6) is 0 Å². The number of fused-ring (bicyclic) bond motifs is 1. The van der Waals surface area contributed by atoms with Crippen LogP contribution in [0.3, 0.4) is 0 Å². The van der Waals surface area contributed by atoms with E-state index in [1.807, 2.05) is 41.5 Å². The third-order valence-electron chi connectivity index (χ3n) is 6.26. The van der Waals surface area contributed by atoms with Crippen molar-refractivity contribution in [1.29, 1.82) is 0 Å². The van der Waals surface area contributed by atoms with Gasteiger partial charge in [0, 0.05) is 44.1 Å². The van der Waals surface area contributed by atoms with E-state index in [4.69, 9.17) is 4.98 Å². The summed E-state index contributed by atoms with van der Waals surface area (Å²) in [5.41, 5.74) is 0.993. The molecule has 0 bridgehead atoms. The van der Waals surface area contributed by atoms with E-state index < -0.39 is 11.5 Å². The van der Waals surface area contributed by atoms with Crippen LogP contribution in [-0.2, 0) is 11.3 Å². The number of aliphatic carboxylic acids is 1. The third kappa shape index (κ3) is 3.58. The Balaban J connectivity index is 1.51. The van der Waals surface area contributed by atoms with E-state index >= 15 is 0 Å². The summed E-state index contributed by atoms with van der Waals surface area (Å²) in [7, 11) is 0. The molecule has 174 valence electrons. The normalized spacial score (nSPS) is 20.1. The lowest BCUT2D eigenvalue weighted by Crippen LogP contribution is -2.48. The van der Waals surface area contributed by atoms with E-state index in [9.17, 15) is 9.90 Å². The molecule has 0 aromatic carbocycles. The van der Waals surface area contributed by atoms with Crippen molar-refractivity contribution in [3.05, 3.63) is 48.9 Å². The zero-order valence-corrected chi connectivity index (χ0v) is 19.2. The molecule has 2 atom stereocenters. The summed E-state index contributed by atoms with van der Waals surface area (Å²) in [6.45, 7) is 6.70. The van der Waals surface area contributed by atoms with Gasteiger partial charge in [0.05, 0.1) is 5.56 Å². The first-order valence-electron chi connectivity index (χ1n) is 11.1. The monoisotopic (exact) mass is 459 g/mol. The van der Waals surface area contributed by atoms with Gasteiger partial charge in [-0.05, 0) is 32.9 Å². The van der Waals surface area contributed by atoms with Crippen LogP contribution < -0.4 is 10.2 Å². The highest BCUT2D eigenvalue weighted by atomic mass is 16.4. The number of hydrogen-bond donors (Lipinski definition) is 2. The molecule has 5 heterocycles. The number of pyridine rings is 1. The second-order valence-corrected chi connectivity index (χ2v) is 8.52. The van der Waals surface area contributed by atoms with Gasteiger partial charge in [-0.2, -0.15) is 0 Å². The van der Waals surface area contributed by atoms with Gasteiger partial charge in [-0.15, -0.1) is 0 Å². The fourth-order valence-corrected chi connectivity index (χ4v) is 4.50. The van der Waals surface area contributed by atoms with Crippen LogP contribution in [0.4, 0.5) is 11.6 Å². The third-order valence-corrected chi connectivity index (χ3v) is 6.26. The van der Waals surface area contributed by atoms with E-state index in [2.05, 4.69) is 30.2 Å². The van der Waals surface area contributed by atoms with Crippen LogP contribution >= 0.6 is 0 Å². The lowest BCUT2D eigenvalue weighted by atomic mass is 9.97. The molecule has 1 aliphatic rings. The predicted octanol–water partition coefficient (Wildman–Crippen LogP) is 2.54. The van der Waals surface area contributed by atoms with E-state index in [1.54, 1.807) is 25.5 Å². The molecule has 0 spiro atoms. The summed E-state index contributed by atoms with van der Waals surface area (Å²) in [6, 6.07) is 5.31. The van der Waals surface area contributed by atoms with E-state index in [0.717, 1.165) is 5.56 Å². The van der Waals surface area contributed by atoms with Crippen molar-refractivity contribution < 1.29 is 9.90 Å². The van der Waals surface area contributed by atoms with Crippen LogP contribution in [0.1, 0.15) is 26.1 Å². The number of aromatic nitrogens is 7. The van der Waals surface area contributed by atoms with Crippen molar-refractivity contribution in [2.24, 2.45) is 0 Å². The fraction of sp³-hybridized carbons (Fsp3) is 0.348. The first kappa shape index (κ1) is 21.7. The Hall–Kier alpha value is -4.15. The van der Waals surface area contributed by atoms with Crippen LogP contribution in [0, 0.1) is 6.92 Å². The molecule has 1 saturated heterocycles. The van der Waals surface area contributed by atoms with Gasteiger partial charge in [0.25, 0.3) is 0 Å². The number of carbonyl (C=O) groups is 1. The molecule has 4 aromatic heterocycles. The molecule has 34 heavy (non-hydrogen) atoms. The average molecular weight is 460 g/mol. The molecule has 5 rings (SSSR count). The standard InChI is InChI=1S/C23H25N9O2/c1-4-31-20(15-10-25-14(2)26-11-15)30-18-19(27-13-28-21(18)31)29-16-9-23(3,22(33)34)32(12-16)17-7-5-6-8-24-17/h5-8,10-11,13,16H,4,9,12H2,1-3H3,(H,33,34)(H,27,28,29)/t16?,23-/m1/s1. The Morgan fingerprint density at radius 1 is 1.21 bits per heavy atom. The highest BCUT2D eigenvalue weighted by Gasteiger charge is 2.48. The topological polar surface area (TPSA) is 135 Å². The number of nitrogens with zero attached hydrogens (tertiary/aromatic N) is 8. The van der Waals surface area contributed by atoms with Gasteiger partial charge in [0.2, 0.25) is 0 Å². The number of carboxylic acid groups (broad SMARTS) is 1. The molecule has 0 aliphatic carbocycles. The zero-order valence-electron chi connectivity index (χ0n) is 19.2. The van der Waals surface area contributed by atoms with Crippen LogP contribution in [0.2, 0.25) is 0 Å². The zero-order chi connectivity index (χ0) is 23.9. The van der Waals surface area contributed by atoms with Gasteiger partial charge >= 0.3 is 5.97 Å². The highest BCUT2D eigenvalue weighted by Crippen LogP contribution is 2.35. The fourth-order valence-electron chi connectivity index (χ4n) is 4.50. The van der Waals surface area contributed by atoms with Crippen molar-refractivity contribution in [3.8, 4) is 11.4 Å². The Kier molecular flexibility index (Phi) is 5.31. The van der Waals surface area contributed by atoms with Gasteiger partial charge in [-0.1, -0.05) is 6.07 Å². The molecule has 1 fully saturated rings. The maximum absolute atomic E-state index is 12.2. The number of rotatable bonds is 6. The molecule has 1 unspecified atom stereocenters. The largest absolute Gasteiger partial charge is 0.480 e. The van der Waals surface area contributed by atoms with Crippen molar-refractivity contribution >= 4 is 28.8 Å². The number of anilines is 2. The molecule has 1 aliphatic heterocycles. The summed E-state index contributed by atoms with van der Waals surface area (Å²) >= 11 is 0. The molecule has 4 aromatic rings. The van der Waals surface area contributed by atoms with Gasteiger partial charge in [0.15, 0.2) is 17.0 Å². The maximum Gasteiger partial charge on any atom is 0.329 e. The summed E-state index contributed by atoms with van der Waals surface area (Å²) in [5.74, 6) is 1.68. The summed E-state index contributed by atoms with van der Waals surface area (Å²) in [5, 5.41) is 13.5. The van der Waals surface area contributed by atoms with Crippen LogP contribution in [0.15, 0.2) is 43.1 Å². The van der Waals surface area contributed by atoms with Crippen LogP contribution in [0.25, 0.3) is 22.6 Å². The number of carboxylic acids is 1. The first-order chi connectivity index (χ1) is 16.4. The van der Waals surface area contributed by atoms with Gasteiger partial charge in [-0.3, -0.25) is 0 Å². The highest BCUT2D eigenvalue weighted by molar-refractivity contribution is 5.87. The maximum atomic E-state index is 12.2. The summed E-state index contributed by atoms with van der Waals surface area (Å²) in [6.07, 6.45) is 7.03. The molecule has 0 radical (unpaired) electrons. The quantitative estimate of drug-likeness (QED) is 0.443. The lowest BCUT2D eigenvalue weighted by Gasteiger charge is -2.31. The Bertz CT molecular complexity index is 1340. The second kappa shape index (κ2) is 8.32. The SMILES string of the molecule is CCn1c(-c2cnc(C)nc2)nc2c(NC3CN(c4ccccn4)[C@@](C)(C(=O)O)C3)ncnc21. The van der Waals surface area contributed by atoms with E-state index in [0.29, 0.717) is 54.0 Å². The lowest BCUT2D eigenvalue weighted by molar-refractivity contribution is -0.142. The van der Waals surface area contributed by atoms with Gasteiger partial charge < -0.3 is 19.9 Å². The molecule has 2 N–H and O–H groups in total. The minimum Gasteiger partial charge on any atom is -0.480 e. The van der Waals surface area contributed by atoms with Crippen LogP contribution in [-0.4, -0.2) is 63.7 Å². The number of imidazole rings is 1. The number of nitrogens with one attached hydrogen (secondary N) is 1. The van der Waals surface area contributed by atoms with Gasteiger partial charge in [-0.25, -0.2) is 34.7 Å². The molecular weight excluding hydrogens is 434 g/mol. The molecule has 0 amide bonds. The summed E-state index contributed by atoms with van der Waals surface area (Å²) < 4.78 is 1.99. The van der Waals surface area contributed by atoms with Crippen molar-refractivity contribution in [1.82, 2.24) is 34.5 Å². The first-order valence-corrected chi connectivity index (χ1v) is 11.1. The predicted molar refractivity (Wildman–Crippen MR) is 126 cm³/mol. The Labute approximate surface area is 196 Å². The second-order valence-electron chi connectivity index (χ2n) is 8.52. The van der Waals surface area contributed by atoms with Crippen molar-refractivity contribution in [2.75, 3.05) is 16.8 Å². The van der Waals surface area contributed by atoms with Gasteiger partial charge in [0.1, 0.15) is 29.3 Å². The average Bonchev–Trinajstić information content (AvgIpc) is 3.39. The van der Waals surface area contributed by atoms with Crippen molar-refractivity contribution in [2.45, 2.75) is 45.3 Å². The Morgan fingerprint density at radius 2 is 2.00 bits per heavy atom. The molecule has 11 heteroatoms. The molecular formula is C23H25N9O2. The van der Waals surface area contributed by atoms with E-state index in [-0.39, 0.29) is 6.04 Å². The molecule has 11 nitrogen and oxygen atoms in total. The smallest absolute Gasteiger partial charge is 0.329 e. The number of aryl methyl sites for hydroxylation is 2. The van der Waals surface area contributed by atoms with Crippen molar-refractivity contribution in [3.63, 3.8) is 0 Å². The summed E-state index contributed by atoms with van der Waals surface area (Å²) in [4.78, 5) is 40.8. The van der Waals surface area contributed by atoms with E-state index in [1.165, 1.54) is 6.33 Å². The minimum atomic E-state index is -1.11. The number of hydrogen-bond acceptors (Lipinski definition) is 9. The molecule has 0 saturated carbocycles.